The molecule has 2 aromatic heterocycles. The van der Waals surface area contributed by atoms with Crippen molar-refractivity contribution in [2.45, 2.75) is 19.8 Å². The highest BCUT2D eigenvalue weighted by Gasteiger charge is 2.06. The number of anilines is 1. The van der Waals surface area contributed by atoms with Gasteiger partial charge in [-0.2, -0.15) is 5.10 Å². The third-order valence-electron chi connectivity index (χ3n) is 3.30. The Kier molecular flexibility index (Phi) is 2.71. The van der Waals surface area contributed by atoms with Crippen LogP contribution in [0.3, 0.4) is 0 Å². The second-order valence-electron chi connectivity index (χ2n) is 4.99. The van der Waals surface area contributed by atoms with Gasteiger partial charge in [-0.25, -0.2) is 0 Å². The summed E-state index contributed by atoms with van der Waals surface area (Å²) in [6.07, 6.45) is 1.86. The van der Waals surface area contributed by atoms with E-state index in [2.05, 4.69) is 47.2 Å². The number of hydrogen-bond acceptors (Lipinski definition) is 3. The zero-order valence-corrected chi connectivity index (χ0v) is 11.0. The van der Waals surface area contributed by atoms with E-state index in [1.54, 1.807) is 0 Å². The maximum absolute atomic E-state index is 5.78. The number of aromatic nitrogens is 3. The lowest BCUT2D eigenvalue weighted by atomic mass is 10.0. The predicted octanol–water partition coefficient (Wildman–Crippen LogP) is 3.33. The van der Waals surface area contributed by atoms with E-state index in [9.17, 15) is 0 Å². The fourth-order valence-corrected chi connectivity index (χ4v) is 2.16. The molecule has 0 aliphatic rings. The molecule has 0 atom stereocenters. The van der Waals surface area contributed by atoms with Crippen LogP contribution in [0.25, 0.3) is 22.0 Å². The first kappa shape index (κ1) is 11.7. The van der Waals surface area contributed by atoms with Crippen molar-refractivity contribution in [3.63, 3.8) is 0 Å². The third kappa shape index (κ3) is 2.05. The number of H-pyrrole nitrogens is 1. The Hall–Kier alpha value is -2.36. The molecule has 0 fully saturated rings. The molecule has 19 heavy (non-hydrogen) atoms. The van der Waals surface area contributed by atoms with E-state index >= 15 is 0 Å². The lowest BCUT2D eigenvalue weighted by Crippen LogP contribution is -1.92. The standard InChI is InChI=1S/C15H16N4/c1-9(2)13-7-11(5-6-17-13)10-3-4-12-14(8-10)18-19-15(12)16/h3-9H,1-2H3,(H3,16,18,19). The van der Waals surface area contributed by atoms with Gasteiger partial charge >= 0.3 is 0 Å². The Bertz CT molecular complexity index is 728. The zero-order valence-electron chi connectivity index (χ0n) is 11.0. The normalized spacial score (nSPS) is 11.3. The topological polar surface area (TPSA) is 67.6 Å². The number of aromatic amines is 1. The molecule has 0 radical (unpaired) electrons. The molecule has 3 aromatic rings. The Morgan fingerprint density at radius 1 is 1.11 bits per heavy atom. The molecule has 0 amide bonds. The van der Waals surface area contributed by atoms with Gasteiger partial charge in [0, 0.05) is 17.3 Å². The highest BCUT2D eigenvalue weighted by molar-refractivity contribution is 5.91. The van der Waals surface area contributed by atoms with Gasteiger partial charge in [0.1, 0.15) is 0 Å². The van der Waals surface area contributed by atoms with Crippen LogP contribution in [-0.4, -0.2) is 15.2 Å². The van der Waals surface area contributed by atoms with Crippen LogP contribution in [0, 0.1) is 0 Å². The summed E-state index contributed by atoms with van der Waals surface area (Å²) in [6.45, 7) is 4.29. The third-order valence-corrected chi connectivity index (χ3v) is 3.30. The largest absolute Gasteiger partial charge is 0.382 e. The number of pyridine rings is 1. The van der Waals surface area contributed by atoms with Gasteiger partial charge in [0.05, 0.1) is 5.52 Å². The van der Waals surface area contributed by atoms with Crippen molar-refractivity contribution >= 4 is 16.7 Å². The van der Waals surface area contributed by atoms with Gasteiger partial charge in [-0.3, -0.25) is 10.1 Å². The highest BCUT2D eigenvalue weighted by atomic mass is 15.1. The van der Waals surface area contributed by atoms with Gasteiger partial charge in [0.25, 0.3) is 0 Å². The van der Waals surface area contributed by atoms with E-state index in [4.69, 9.17) is 5.73 Å². The van der Waals surface area contributed by atoms with E-state index < -0.39 is 0 Å². The van der Waals surface area contributed by atoms with Crippen LogP contribution in [0.4, 0.5) is 5.82 Å². The molecule has 4 heteroatoms. The average molecular weight is 252 g/mol. The SMILES string of the molecule is CC(C)c1cc(-c2ccc3c(N)n[nH]c3c2)ccn1. The molecule has 0 unspecified atom stereocenters. The summed E-state index contributed by atoms with van der Waals surface area (Å²) >= 11 is 0. The van der Waals surface area contributed by atoms with Gasteiger partial charge in [-0.05, 0) is 41.3 Å². The number of benzene rings is 1. The summed E-state index contributed by atoms with van der Waals surface area (Å²) in [7, 11) is 0. The lowest BCUT2D eigenvalue weighted by molar-refractivity contribution is 0.823. The first-order chi connectivity index (χ1) is 9.15. The van der Waals surface area contributed by atoms with E-state index in [1.807, 2.05) is 18.3 Å². The monoisotopic (exact) mass is 252 g/mol. The van der Waals surface area contributed by atoms with Gasteiger partial charge < -0.3 is 5.73 Å². The second kappa shape index (κ2) is 4.39. The molecular formula is C15H16N4. The van der Waals surface area contributed by atoms with Crippen molar-refractivity contribution in [3.8, 4) is 11.1 Å². The maximum atomic E-state index is 5.78. The van der Waals surface area contributed by atoms with Crippen molar-refractivity contribution in [3.05, 3.63) is 42.2 Å². The summed E-state index contributed by atoms with van der Waals surface area (Å²) in [6, 6.07) is 10.3. The summed E-state index contributed by atoms with van der Waals surface area (Å²) in [5.41, 5.74) is 10.1. The van der Waals surface area contributed by atoms with Gasteiger partial charge in [-0.15, -0.1) is 0 Å². The minimum absolute atomic E-state index is 0.423. The number of nitrogen functional groups attached to an aromatic ring is 1. The van der Waals surface area contributed by atoms with E-state index in [-0.39, 0.29) is 0 Å². The van der Waals surface area contributed by atoms with Crippen LogP contribution in [0.2, 0.25) is 0 Å². The number of nitrogens with zero attached hydrogens (tertiary/aromatic N) is 2. The van der Waals surface area contributed by atoms with Gasteiger partial charge in [-0.1, -0.05) is 19.9 Å². The number of fused-ring (bicyclic) bond motifs is 1. The molecule has 0 spiro atoms. The van der Waals surface area contributed by atoms with Crippen LogP contribution in [0.15, 0.2) is 36.5 Å². The number of hydrogen-bond donors (Lipinski definition) is 2. The highest BCUT2D eigenvalue weighted by Crippen LogP contribution is 2.27. The molecule has 96 valence electrons. The molecule has 0 aliphatic heterocycles. The summed E-state index contributed by atoms with van der Waals surface area (Å²) in [4.78, 5) is 4.39. The van der Waals surface area contributed by atoms with Crippen molar-refractivity contribution in [2.24, 2.45) is 0 Å². The molecule has 1 aromatic carbocycles. The molecule has 3 rings (SSSR count). The van der Waals surface area contributed by atoms with Crippen LogP contribution in [-0.2, 0) is 0 Å². The van der Waals surface area contributed by atoms with Gasteiger partial charge in [0.15, 0.2) is 5.82 Å². The predicted molar refractivity (Wildman–Crippen MR) is 77.8 cm³/mol. The van der Waals surface area contributed by atoms with Crippen molar-refractivity contribution in [1.82, 2.24) is 15.2 Å². The first-order valence-corrected chi connectivity index (χ1v) is 6.35. The fraction of sp³-hybridized carbons (Fsp3) is 0.200. The summed E-state index contributed by atoms with van der Waals surface area (Å²) in [5, 5.41) is 7.92. The maximum Gasteiger partial charge on any atom is 0.153 e. The molecule has 3 N–H and O–H groups in total. The molecule has 0 saturated heterocycles. The van der Waals surface area contributed by atoms with E-state index in [1.165, 1.54) is 0 Å². The lowest BCUT2D eigenvalue weighted by Gasteiger charge is -2.07. The van der Waals surface area contributed by atoms with Gasteiger partial charge in [0.2, 0.25) is 0 Å². The summed E-state index contributed by atoms with van der Waals surface area (Å²) < 4.78 is 0. The number of nitrogens with two attached hydrogens (primary N) is 1. The minimum Gasteiger partial charge on any atom is -0.382 e. The average Bonchev–Trinajstić information content (AvgIpc) is 2.80. The molecule has 0 saturated carbocycles. The van der Waals surface area contributed by atoms with Crippen LogP contribution in [0.1, 0.15) is 25.5 Å². The number of nitrogens with one attached hydrogen (secondary N) is 1. The quantitative estimate of drug-likeness (QED) is 0.735. The minimum atomic E-state index is 0.423. The van der Waals surface area contributed by atoms with E-state index in [0.29, 0.717) is 11.7 Å². The van der Waals surface area contributed by atoms with E-state index in [0.717, 1.165) is 27.7 Å². The van der Waals surface area contributed by atoms with Crippen molar-refractivity contribution in [2.75, 3.05) is 5.73 Å². The molecular weight excluding hydrogens is 236 g/mol. The van der Waals surface area contributed by atoms with Crippen LogP contribution in [0.5, 0.6) is 0 Å². The van der Waals surface area contributed by atoms with Crippen molar-refractivity contribution < 1.29 is 0 Å². The number of rotatable bonds is 2. The first-order valence-electron chi connectivity index (χ1n) is 6.35. The van der Waals surface area contributed by atoms with Crippen LogP contribution >= 0.6 is 0 Å². The Labute approximate surface area is 111 Å². The van der Waals surface area contributed by atoms with Crippen molar-refractivity contribution in [1.29, 1.82) is 0 Å². The Morgan fingerprint density at radius 2 is 1.89 bits per heavy atom. The van der Waals surface area contributed by atoms with Crippen LogP contribution < -0.4 is 5.73 Å². The molecule has 2 heterocycles. The Balaban J connectivity index is 2.10. The molecule has 0 bridgehead atoms. The molecule has 4 nitrogen and oxygen atoms in total. The molecule has 0 aliphatic carbocycles. The fourth-order valence-electron chi connectivity index (χ4n) is 2.16. The smallest absolute Gasteiger partial charge is 0.153 e. The zero-order chi connectivity index (χ0) is 13.4. The Morgan fingerprint density at radius 3 is 2.68 bits per heavy atom. The summed E-state index contributed by atoms with van der Waals surface area (Å²) in [5.74, 6) is 0.964. The second-order valence-corrected chi connectivity index (χ2v) is 4.99.